The van der Waals surface area contributed by atoms with Gasteiger partial charge in [-0.2, -0.15) is 0 Å². The third-order valence-corrected chi connectivity index (χ3v) is 4.49. The smallest absolute Gasteiger partial charge is 0.280 e. The molecule has 1 saturated carbocycles. The molecule has 1 aliphatic heterocycles. The van der Waals surface area contributed by atoms with Crippen molar-refractivity contribution in [3.8, 4) is 0 Å². The van der Waals surface area contributed by atoms with Crippen molar-refractivity contribution in [3.63, 3.8) is 0 Å². The Labute approximate surface area is 138 Å². The molecule has 0 bridgehead atoms. The van der Waals surface area contributed by atoms with Crippen LogP contribution >= 0.6 is 0 Å². The third kappa shape index (κ3) is 3.13. The van der Waals surface area contributed by atoms with Crippen molar-refractivity contribution in [1.29, 1.82) is 0 Å². The number of rotatable bonds is 4. The highest BCUT2D eigenvalue weighted by Crippen LogP contribution is 2.39. The average molecular weight is 332 g/mol. The average Bonchev–Trinajstić information content (AvgIpc) is 3.47. The van der Waals surface area contributed by atoms with E-state index in [2.05, 4.69) is 30.9 Å². The Morgan fingerprint density at radius 3 is 2.00 bits per heavy atom. The molecule has 0 atom stereocenters. The molecule has 0 spiro atoms. The first-order valence-corrected chi connectivity index (χ1v) is 8.12. The summed E-state index contributed by atoms with van der Waals surface area (Å²) in [5, 5.41) is 0. The van der Waals surface area contributed by atoms with E-state index in [-0.39, 0.29) is 5.69 Å². The molecule has 0 N–H and O–H groups in total. The van der Waals surface area contributed by atoms with Crippen LogP contribution in [0.25, 0.3) is 0 Å². The normalized spacial score (nSPS) is 18.3. The Morgan fingerprint density at radius 1 is 0.833 bits per heavy atom. The Morgan fingerprint density at radius 2 is 1.42 bits per heavy atom. The Bertz CT molecular complexity index is 660. The van der Waals surface area contributed by atoms with Crippen molar-refractivity contribution >= 4 is 11.6 Å². The summed E-state index contributed by atoms with van der Waals surface area (Å²) >= 11 is 0. The van der Waals surface area contributed by atoms with Crippen LogP contribution in [0.3, 0.4) is 0 Å². The molecule has 4 rings (SSSR count). The van der Waals surface area contributed by atoms with E-state index in [1.807, 2.05) is 4.90 Å². The van der Waals surface area contributed by atoms with E-state index in [0.717, 1.165) is 24.6 Å². The molecule has 24 heavy (non-hydrogen) atoms. The lowest BCUT2D eigenvalue weighted by atomic mass is 10.2. The fourth-order valence-electron chi connectivity index (χ4n) is 2.96. The van der Waals surface area contributed by atoms with E-state index in [9.17, 15) is 8.78 Å². The maximum atomic E-state index is 12.8. The van der Waals surface area contributed by atoms with Crippen LogP contribution in [0.2, 0.25) is 0 Å². The molecule has 2 aromatic rings. The fourth-order valence-corrected chi connectivity index (χ4v) is 2.96. The highest BCUT2D eigenvalue weighted by molar-refractivity contribution is 5.46. The predicted molar refractivity (Wildman–Crippen MR) is 85.4 cm³/mol. The molecule has 2 aromatic heterocycles. The van der Waals surface area contributed by atoms with Gasteiger partial charge in [-0.1, -0.05) is 0 Å². The molecule has 2 fully saturated rings. The Balaban J connectivity index is 1.43. The van der Waals surface area contributed by atoms with Gasteiger partial charge < -0.3 is 9.80 Å². The van der Waals surface area contributed by atoms with Gasteiger partial charge in [0.15, 0.2) is 0 Å². The van der Waals surface area contributed by atoms with Gasteiger partial charge >= 0.3 is 0 Å². The van der Waals surface area contributed by atoms with Gasteiger partial charge in [-0.15, -0.1) is 0 Å². The number of halogens is 2. The molecular formula is C16H18F2N6. The van der Waals surface area contributed by atoms with Gasteiger partial charge in [-0.3, -0.25) is 0 Å². The second-order valence-electron chi connectivity index (χ2n) is 6.15. The summed E-state index contributed by atoms with van der Waals surface area (Å²) in [5.74, 6) is 2.10. The predicted octanol–water partition coefficient (Wildman–Crippen LogP) is 2.41. The molecule has 126 valence electrons. The lowest BCUT2D eigenvalue weighted by Crippen LogP contribution is -2.47. The topological polar surface area (TPSA) is 58.0 Å². The summed E-state index contributed by atoms with van der Waals surface area (Å²) in [7, 11) is 0. The molecule has 1 aliphatic carbocycles. The van der Waals surface area contributed by atoms with Gasteiger partial charge in [0.25, 0.3) is 6.43 Å². The summed E-state index contributed by atoms with van der Waals surface area (Å²) in [6, 6.07) is 3.45. The van der Waals surface area contributed by atoms with Crippen LogP contribution in [-0.4, -0.2) is 46.1 Å². The summed E-state index contributed by atoms with van der Waals surface area (Å²) in [5.41, 5.74) is 0.895. The number of piperazine rings is 1. The summed E-state index contributed by atoms with van der Waals surface area (Å²) in [6.45, 7) is 2.97. The number of alkyl halides is 2. The van der Waals surface area contributed by atoms with Crippen LogP contribution in [0, 0.1) is 0 Å². The standard InChI is InChI=1S/C16H18F2N6/c17-16(18)13-8-15(22-10-20-13)24-5-3-23(4-6-24)14-7-12(11-1-2-11)19-9-21-14/h7-11,16H,1-6H2. The molecule has 0 radical (unpaired) electrons. The van der Waals surface area contributed by atoms with Crippen LogP contribution in [-0.2, 0) is 0 Å². The number of hydrogen-bond donors (Lipinski definition) is 0. The van der Waals surface area contributed by atoms with Crippen LogP contribution in [0.4, 0.5) is 20.4 Å². The van der Waals surface area contributed by atoms with Crippen molar-refractivity contribution in [2.45, 2.75) is 25.2 Å². The van der Waals surface area contributed by atoms with Gasteiger partial charge in [0.2, 0.25) is 0 Å². The maximum absolute atomic E-state index is 12.8. The first-order valence-electron chi connectivity index (χ1n) is 8.12. The third-order valence-electron chi connectivity index (χ3n) is 4.49. The summed E-state index contributed by atoms with van der Waals surface area (Å²) < 4.78 is 25.5. The highest BCUT2D eigenvalue weighted by Gasteiger charge is 2.26. The summed E-state index contributed by atoms with van der Waals surface area (Å²) in [4.78, 5) is 20.7. The van der Waals surface area contributed by atoms with Crippen molar-refractivity contribution in [2.75, 3.05) is 36.0 Å². The molecule has 3 heterocycles. The van der Waals surface area contributed by atoms with Gasteiger partial charge in [0, 0.05) is 49.9 Å². The van der Waals surface area contributed by atoms with E-state index in [0.29, 0.717) is 24.8 Å². The Kier molecular flexibility index (Phi) is 3.95. The molecule has 1 saturated heterocycles. The van der Waals surface area contributed by atoms with E-state index in [4.69, 9.17) is 0 Å². The SMILES string of the molecule is FC(F)c1cc(N2CCN(c3cc(C4CC4)ncn3)CC2)ncn1. The molecular weight excluding hydrogens is 314 g/mol. The monoisotopic (exact) mass is 332 g/mol. The molecule has 6 nitrogen and oxygen atoms in total. The van der Waals surface area contributed by atoms with E-state index in [1.165, 1.54) is 25.2 Å². The first-order chi connectivity index (χ1) is 11.7. The fraction of sp³-hybridized carbons (Fsp3) is 0.500. The second kappa shape index (κ2) is 6.26. The number of aromatic nitrogens is 4. The lowest BCUT2D eigenvalue weighted by molar-refractivity contribution is 0.146. The molecule has 8 heteroatoms. The van der Waals surface area contributed by atoms with Crippen molar-refractivity contribution in [3.05, 3.63) is 36.2 Å². The van der Waals surface area contributed by atoms with Gasteiger partial charge in [-0.25, -0.2) is 28.7 Å². The summed E-state index contributed by atoms with van der Waals surface area (Å²) in [6.07, 6.45) is 2.69. The molecule has 0 amide bonds. The van der Waals surface area contributed by atoms with Crippen LogP contribution in [0.15, 0.2) is 24.8 Å². The first kappa shape index (κ1) is 15.2. The lowest BCUT2D eigenvalue weighted by Gasteiger charge is -2.36. The zero-order valence-corrected chi connectivity index (χ0v) is 13.1. The van der Waals surface area contributed by atoms with Gasteiger partial charge in [-0.05, 0) is 12.8 Å². The highest BCUT2D eigenvalue weighted by atomic mass is 19.3. The number of hydrogen-bond acceptors (Lipinski definition) is 6. The Hall–Kier alpha value is -2.38. The zero-order chi connectivity index (χ0) is 16.5. The van der Waals surface area contributed by atoms with Gasteiger partial charge in [0.1, 0.15) is 30.0 Å². The van der Waals surface area contributed by atoms with E-state index in [1.54, 1.807) is 6.33 Å². The largest absolute Gasteiger partial charge is 0.353 e. The maximum Gasteiger partial charge on any atom is 0.280 e. The van der Waals surface area contributed by atoms with Crippen LogP contribution in [0.5, 0.6) is 0 Å². The van der Waals surface area contributed by atoms with Crippen molar-refractivity contribution < 1.29 is 8.78 Å². The quantitative estimate of drug-likeness (QED) is 0.857. The zero-order valence-electron chi connectivity index (χ0n) is 13.1. The minimum atomic E-state index is -2.57. The number of nitrogens with zero attached hydrogens (tertiary/aromatic N) is 6. The van der Waals surface area contributed by atoms with Gasteiger partial charge in [0.05, 0.1) is 0 Å². The van der Waals surface area contributed by atoms with Crippen molar-refractivity contribution in [2.24, 2.45) is 0 Å². The van der Waals surface area contributed by atoms with Crippen LogP contribution < -0.4 is 9.80 Å². The number of anilines is 2. The minimum absolute atomic E-state index is 0.229. The minimum Gasteiger partial charge on any atom is -0.353 e. The van der Waals surface area contributed by atoms with E-state index < -0.39 is 6.43 Å². The molecule has 2 aliphatic rings. The van der Waals surface area contributed by atoms with Crippen molar-refractivity contribution in [1.82, 2.24) is 19.9 Å². The van der Waals surface area contributed by atoms with E-state index >= 15 is 0 Å². The second-order valence-corrected chi connectivity index (χ2v) is 6.15. The molecule has 0 aromatic carbocycles. The van der Waals surface area contributed by atoms with Crippen LogP contribution in [0.1, 0.15) is 36.6 Å². The molecule has 0 unspecified atom stereocenters.